The Morgan fingerprint density at radius 3 is 2.60 bits per heavy atom. The van der Waals surface area contributed by atoms with Crippen molar-refractivity contribution in [3.8, 4) is 0 Å². The number of amides is 1. The SMILES string of the molecule is CC1OC(=O)CC1NC(=O)C1CCCC1. The molecule has 0 radical (unpaired) electrons. The highest BCUT2D eigenvalue weighted by Gasteiger charge is 2.34. The van der Waals surface area contributed by atoms with Crippen LogP contribution in [0.4, 0.5) is 0 Å². The van der Waals surface area contributed by atoms with E-state index in [0.29, 0.717) is 6.42 Å². The summed E-state index contributed by atoms with van der Waals surface area (Å²) in [6.07, 6.45) is 4.41. The van der Waals surface area contributed by atoms with Crippen LogP contribution in [-0.2, 0) is 14.3 Å². The van der Waals surface area contributed by atoms with E-state index >= 15 is 0 Å². The molecule has 15 heavy (non-hydrogen) atoms. The predicted octanol–water partition coefficient (Wildman–Crippen LogP) is 0.997. The molecule has 2 unspecified atom stereocenters. The number of hydrogen-bond donors (Lipinski definition) is 1. The molecule has 4 nitrogen and oxygen atoms in total. The summed E-state index contributed by atoms with van der Waals surface area (Å²) in [5.41, 5.74) is 0. The van der Waals surface area contributed by atoms with E-state index in [2.05, 4.69) is 5.32 Å². The summed E-state index contributed by atoms with van der Waals surface area (Å²) in [5.74, 6) is 0.0507. The Morgan fingerprint density at radius 2 is 2.07 bits per heavy atom. The number of esters is 1. The van der Waals surface area contributed by atoms with Gasteiger partial charge in [-0.25, -0.2) is 0 Å². The van der Waals surface area contributed by atoms with Gasteiger partial charge in [-0.2, -0.15) is 0 Å². The Hall–Kier alpha value is -1.06. The van der Waals surface area contributed by atoms with Crippen molar-refractivity contribution in [2.75, 3.05) is 0 Å². The van der Waals surface area contributed by atoms with Crippen LogP contribution in [0.25, 0.3) is 0 Å². The molecule has 1 heterocycles. The quantitative estimate of drug-likeness (QED) is 0.693. The average molecular weight is 211 g/mol. The number of hydrogen-bond acceptors (Lipinski definition) is 3. The van der Waals surface area contributed by atoms with E-state index in [1.165, 1.54) is 0 Å². The van der Waals surface area contributed by atoms with Crippen LogP contribution >= 0.6 is 0 Å². The van der Waals surface area contributed by atoms with Crippen LogP contribution in [0, 0.1) is 5.92 Å². The third-order valence-corrected chi connectivity index (χ3v) is 3.32. The Kier molecular flexibility index (Phi) is 2.93. The molecule has 0 spiro atoms. The summed E-state index contributed by atoms with van der Waals surface area (Å²) in [6, 6.07) is -0.120. The largest absolute Gasteiger partial charge is 0.460 e. The fourth-order valence-electron chi connectivity index (χ4n) is 2.34. The molecular weight excluding hydrogens is 194 g/mol. The van der Waals surface area contributed by atoms with Gasteiger partial charge in [-0.15, -0.1) is 0 Å². The number of carbonyl (C=O) groups excluding carboxylic acids is 2. The second-order valence-corrected chi connectivity index (χ2v) is 4.50. The van der Waals surface area contributed by atoms with E-state index in [1.807, 2.05) is 6.92 Å². The molecular formula is C11H17NO3. The first-order valence-corrected chi connectivity index (χ1v) is 5.66. The molecule has 2 aliphatic rings. The minimum atomic E-state index is -0.209. The standard InChI is InChI=1S/C11H17NO3/c1-7-9(6-10(13)15-7)12-11(14)8-4-2-3-5-8/h7-9H,2-6H2,1H3,(H,12,14). The van der Waals surface area contributed by atoms with Crippen molar-refractivity contribution in [2.45, 2.75) is 51.2 Å². The van der Waals surface area contributed by atoms with E-state index in [-0.39, 0.29) is 29.9 Å². The summed E-state index contributed by atoms with van der Waals surface area (Å²) in [6.45, 7) is 1.82. The molecule has 1 N–H and O–H groups in total. The Balaban J connectivity index is 1.85. The van der Waals surface area contributed by atoms with Gasteiger partial charge in [0.05, 0.1) is 12.5 Å². The number of ether oxygens (including phenoxy) is 1. The zero-order valence-electron chi connectivity index (χ0n) is 8.99. The minimum Gasteiger partial charge on any atom is -0.460 e. The molecule has 84 valence electrons. The smallest absolute Gasteiger partial charge is 0.308 e. The summed E-state index contributed by atoms with van der Waals surface area (Å²) < 4.78 is 4.98. The van der Waals surface area contributed by atoms with Crippen LogP contribution < -0.4 is 5.32 Å². The lowest BCUT2D eigenvalue weighted by molar-refractivity contribution is -0.141. The maximum absolute atomic E-state index is 11.8. The number of rotatable bonds is 2. The lowest BCUT2D eigenvalue weighted by Crippen LogP contribution is -2.41. The predicted molar refractivity (Wildman–Crippen MR) is 54.1 cm³/mol. The van der Waals surface area contributed by atoms with Crippen molar-refractivity contribution >= 4 is 11.9 Å². The van der Waals surface area contributed by atoms with E-state index < -0.39 is 0 Å². The van der Waals surface area contributed by atoms with Crippen LogP contribution in [0.5, 0.6) is 0 Å². The Bertz CT molecular complexity index is 271. The molecule has 0 aromatic heterocycles. The third-order valence-electron chi connectivity index (χ3n) is 3.32. The van der Waals surface area contributed by atoms with Gasteiger partial charge < -0.3 is 10.1 Å². The van der Waals surface area contributed by atoms with Crippen molar-refractivity contribution in [1.29, 1.82) is 0 Å². The van der Waals surface area contributed by atoms with Crippen LogP contribution in [0.1, 0.15) is 39.0 Å². The fourth-order valence-corrected chi connectivity index (χ4v) is 2.34. The summed E-state index contributed by atoms with van der Waals surface area (Å²) in [7, 11) is 0. The molecule has 1 aliphatic heterocycles. The maximum atomic E-state index is 11.8. The highest BCUT2D eigenvalue weighted by Crippen LogP contribution is 2.25. The minimum absolute atomic E-state index is 0.0997. The molecule has 1 saturated carbocycles. The lowest BCUT2D eigenvalue weighted by Gasteiger charge is -2.17. The first-order chi connectivity index (χ1) is 7.16. The molecule has 1 aliphatic carbocycles. The normalized spacial score (nSPS) is 31.7. The van der Waals surface area contributed by atoms with Gasteiger partial charge in [-0.1, -0.05) is 12.8 Å². The fraction of sp³-hybridized carbons (Fsp3) is 0.818. The molecule has 0 aromatic carbocycles. The van der Waals surface area contributed by atoms with Gasteiger partial charge in [0.1, 0.15) is 6.10 Å². The molecule has 0 bridgehead atoms. The molecule has 2 fully saturated rings. The van der Waals surface area contributed by atoms with Gasteiger partial charge in [0.25, 0.3) is 0 Å². The molecule has 1 amide bonds. The molecule has 1 saturated heterocycles. The summed E-state index contributed by atoms with van der Waals surface area (Å²) in [5, 5.41) is 2.92. The summed E-state index contributed by atoms with van der Waals surface area (Å²) in [4.78, 5) is 22.8. The molecule has 0 aromatic rings. The number of cyclic esters (lactones) is 1. The van der Waals surface area contributed by atoms with Gasteiger partial charge >= 0.3 is 5.97 Å². The number of carbonyl (C=O) groups is 2. The highest BCUT2D eigenvalue weighted by molar-refractivity contribution is 5.81. The first kappa shape index (κ1) is 10.5. The monoisotopic (exact) mass is 211 g/mol. The lowest BCUT2D eigenvalue weighted by atomic mass is 10.1. The van der Waals surface area contributed by atoms with Crippen LogP contribution in [0.15, 0.2) is 0 Å². The van der Waals surface area contributed by atoms with Crippen molar-refractivity contribution in [2.24, 2.45) is 5.92 Å². The van der Waals surface area contributed by atoms with E-state index in [0.717, 1.165) is 25.7 Å². The first-order valence-electron chi connectivity index (χ1n) is 5.66. The topological polar surface area (TPSA) is 55.4 Å². The van der Waals surface area contributed by atoms with E-state index in [9.17, 15) is 9.59 Å². The van der Waals surface area contributed by atoms with Crippen LogP contribution in [0.2, 0.25) is 0 Å². The summed E-state index contributed by atoms with van der Waals surface area (Å²) >= 11 is 0. The molecule has 4 heteroatoms. The average Bonchev–Trinajstić information content (AvgIpc) is 2.76. The molecule has 2 rings (SSSR count). The Morgan fingerprint density at radius 1 is 1.40 bits per heavy atom. The van der Waals surface area contributed by atoms with Gasteiger partial charge in [0, 0.05) is 5.92 Å². The Labute approximate surface area is 89.4 Å². The zero-order valence-corrected chi connectivity index (χ0v) is 8.99. The van der Waals surface area contributed by atoms with Crippen LogP contribution in [0.3, 0.4) is 0 Å². The zero-order chi connectivity index (χ0) is 10.8. The van der Waals surface area contributed by atoms with Gasteiger partial charge in [0.2, 0.25) is 5.91 Å². The second kappa shape index (κ2) is 4.21. The van der Waals surface area contributed by atoms with Gasteiger partial charge in [-0.05, 0) is 19.8 Å². The van der Waals surface area contributed by atoms with Crippen molar-refractivity contribution in [3.05, 3.63) is 0 Å². The highest BCUT2D eigenvalue weighted by atomic mass is 16.6. The second-order valence-electron chi connectivity index (χ2n) is 4.50. The van der Waals surface area contributed by atoms with Crippen LogP contribution in [-0.4, -0.2) is 24.0 Å². The van der Waals surface area contributed by atoms with Crippen molar-refractivity contribution < 1.29 is 14.3 Å². The maximum Gasteiger partial charge on any atom is 0.308 e. The van der Waals surface area contributed by atoms with Gasteiger partial charge in [-0.3, -0.25) is 9.59 Å². The third kappa shape index (κ3) is 2.30. The van der Waals surface area contributed by atoms with Crippen molar-refractivity contribution in [3.63, 3.8) is 0 Å². The van der Waals surface area contributed by atoms with E-state index in [1.54, 1.807) is 0 Å². The number of nitrogens with one attached hydrogen (secondary N) is 1. The van der Waals surface area contributed by atoms with Crippen molar-refractivity contribution in [1.82, 2.24) is 5.32 Å². The van der Waals surface area contributed by atoms with Gasteiger partial charge in [0.15, 0.2) is 0 Å². The van der Waals surface area contributed by atoms with E-state index in [4.69, 9.17) is 4.74 Å². The molecule has 2 atom stereocenters.